The van der Waals surface area contributed by atoms with E-state index in [4.69, 9.17) is 15.3 Å². The van der Waals surface area contributed by atoms with Crippen LogP contribution in [0.15, 0.2) is 18.2 Å². The number of nitriles is 2. The first-order valence-electron chi connectivity index (χ1n) is 4.62. The highest BCUT2D eigenvalue weighted by molar-refractivity contribution is 6.03. The van der Waals surface area contributed by atoms with Gasteiger partial charge in [-0.2, -0.15) is 10.5 Å². The van der Waals surface area contributed by atoms with E-state index in [-0.39, 0.29) is 5.56 Å². The average molecular weight is 214 g/mol. The number of aryl methyl sites for hydroxylation is 1. The molecule has 1 rings (SSSR count). The number of carbonyl (C=O) groups is 1. The van der Waals surface area contributed by atoms with Gasteiger partial charge in [0.05, 0.1) is 24.8 Å². The fourth-order valence-electron chi connectivity index (χ4n) is 1.32. The highest BCUT2D eigenvalue weighted by atomic mass is 16.5. The molecule has 0 radical (unpaired) electrons. The summed E-state index contributed by atoms with van der Waals surface area (Å²) in [5, 5.41) is 17.3. The number of benzene rings is 1. The summed E-state index contributed by atoms with van der Waals surface area (Å²) in [4.78, 5) is 11.8. The van der Waals surface area contributed by atoms with Gasteiger partial charge >= 0.3 is 0 Å². The van der Waals surface area contributed by atoms with Crippen molar-refractivity contribution in [1.29, 1.82) is 10.5 Å². The first-order chi connectivity index (χ1) is 7.63. The Balaban J connectivity index is 3.23. The van der Waals surface area contributed by atoms with Gasteiger partial charge in [0, 0.05) is 0 Å². The number of nitrogens with zero attached hydrogens (tertiary/aromatic N) is 2. The first kappa shape index (κ1) is 11.7. The van der Waals surface area contributed by atoms with Crippen molar-refractivity contribution < 1.29 is 9.53 Å². The summed E-state index contributed by atoms with van der Waals surface area (Å²) in [5.74, 6) is -1.42. The van der Waals surface area contributed by atoms with Crippen LogP contribution in [0, 0.1) is 35.5 Å². The van der Waals surface area contributed by atoms with E-state index in [1.807, 2.05) is 6.92 Å². The number of hydrogen-bond acceptors (Lipinski definition) is 4. The summed E-state index contributed by atoms with van der Waals surface area (Å²) in [6, 6.07) is 8.37. The Morgan fingerprint density at radius 1 is 1.38 bits per heavy atom. The van der Waals surface area contributed by atoms with Crippen LogP contribution in [-0.4, -0.2) is 12.9 Å². The SMILES string of the molecule is COc1ccc(C)cc1C(=O)C(C#N)C#N. The second kappa shape index (κ2) is 4.95. The lowest BCUT2D eigenvalue weighted by atomic mass is 9.98. The van der Waals surface area contributed by atoms with Crippen molar-refractivity contribution in [1.82, 2.24) is 0 Å². The number of methoxy groups -OCH3 is 1. The van der Waals surface area contributed by atoms with Gasteiger partial charge in [-0.3, -0.25) is 4.79 Å². The van der Waals surface area contributed by atoms with Gasteiger partial charge in [-0.05, 0) is 19.1 Å². The van der Waals surface area contributed by atoms with Crippen LogP contribution < -0.4 is 4.74 Å². The molecule has 0 N–H and O–H groups in total. The Morgan fingerprint density at radius 3 is 2.50 bits per heavy atom. The Morgan fingerprint density at radius 2 is 2.00 bits per heavy atom. The zero-order valence-electron chi connectivity index (χ0n) is 9.02. The van der Waals surface area contributed by atoms with Gasteiger partial charge in [0.1, 0.15) is 5.75 Å². The molecule has 0 aliphatic heterocycles. The molecule has 0 atom stereocenters. The van der Waals surface area contributed by atoms with Gasteiger partial charge < -0.3 is 4.74 Å². The Hall–Kier alpha value is -2.33. The minimum Gasteiger partial charge on any atom is -0.496 e. The maximum Gasteiger partial charge on any atom is 0.198 e. The van der Waals surface area contributed by atoms with Gasteiger partial charge in [-0.25, -0.2) is 0 Å². The van der Waals surface area contributed by atoms with E-state index < -0.39 is 11.7 Å². The summed E-state index contributed by atoms with van der Waals surface area (Å²) in [5.41, 5.74) is 1.15. The molecule has 80 valence electrons. The van der Waals surface area contributed by atoms with Crippen molar-refractivity contribution in [2.75, 3.05) is 7.11 Å². The van der Waals surface area contributed by atoms with E-state index in [9.17, 15) is 4.79 Å². The molecule has 0 aromatic heterocycles. The van der Waals surface area contributed by atoms with E-state index in [0.29, 0.717) is 5.75 Å². The lowest BCUT2D eigenvalue weighted by Gasteiger charge is -2.08. The molecule has 0 aliphatic carbocycles. The molecule has 1 aromatic carbocycles. The molecular formula is C12H10N2O2. The maximum atomic E-state index is 11.8. The summed E-state index contributed by atoms with van der Waals surface area (Å²) in [6.45, 7) is 1.82. The van der Waals surface area contributed by atoms with E-state index in [0.717, 1.165) is 5.56 Å². The molecule has 4 heteroatoms. The van der Waals surface area contributed by atoms with E-state index in [2.05, 4.69) is 0 Å². The molecule has 0 aliphatic rings. The third-order valence-electron chi connectivity index (χ3n) is 2.14. The molecule has 0 spiro atoms. The van der Waals surface area contributed by atoms with Gasteiger partial charge in [-0.1, -0.05) is 11.6 Å². The Labute approximate surface area is 93.7 Å². The Bertz CT molecular complexity index is 481. The van der Waals surface area contributed by atoms with Crippen molar-refractivity contribution in [3.63, 3.8) is 0 Å². The Kier molecular flexibility index (Phi) is 3.63. The number of rotatable bonds is 3. The second-order valence-corrected chi connectivity index (χ2v) is 3.26. The van der Waals surface area contributed by atoms with E-state index in [1.165, 1.54) is 7.11 Å². The normalized spacial score (nSPS) is 9.31. The number of Topliss-reactive ketones (excluding diaryl/α,β-unsaturated/α-hetero) is 1. The van der Waals surface area contributed by atoms with E-state index in [1.54, 1.807) is 30.3 Å². The molecule has 0 saturated carbocycles. The van der Waals surface area contributed by atoms with Crippen molar-refractivity contribution in [2.45, 2.75) is 6.92 Å². The molecule has 4 nitrogen and oxygen atoms in total. The zero-order valence-corrected chi connectivity index (χ0v) is 9.02. The molecule has 0 bridgehead atoms. The quantitative estimate of drug-likeness (QED) is 0.719. The molecular weight excluding hydrogens is 204 g/mol. The monoisotopic (exact) mass is 214 g/mol. The molecule has 0 fully saturated rings. The smallest absolute Gasteiger partial charge is 0.198 e. The molecule has 0 saturated heterocycles. The number of ether oxygens (including phenoxy) is 1. The minimum absolute atomic E-state index is 0.274. The van der Waals surface area contributed by atoms with Gasteiger partial charge in [-0.15, -0.1) is 0 Å². The zero-order chi connectivity index (χ0) is 12.1. The van der Waals surface area contributed by atoms with Crippen molar-refractivity contribution in [3.05, 3.63) is 29.3 Å². The first-order valence-corrected chi connectivity index (χ1v) is 4.62. The average Bonchev–Trinajstić information content (AvgIpc) is 2.30. The standard InChI is InChI=1S/C12H10N2O2/c1-8-3-4-11(16-2)10(5-8)12(15)9(6-13)7-14/h3-5,9H,1-2H3. The van der Waals surface area contributed by atoms with Gasteiger partial charge in [0.15, 0.2) is 11.7 Å². The second-order valence-electron chi connectivity index (χ2n) is 3.26. The van der Waals surface area contributed by atoms with Crippen molar-refractivity contribution >= 4 is 5.78 Å². The topological polar surface area (TPSA) is 73.9 Å². The van der Waals surface area contributed by atoms with Gasteiger partial charge in [0.25, 0.3) is 0 Å². The predicted molar refractivity (Wildman–Crippen MR) is 56.8 cm³/mol. The lowest BCUT2D eigenvalue weighted by Crippen LogP contribution is -2.12. The van der Waals surface area contributed by atoms with Crippen LogP contribution in [0.3, 0.4) is 0 Å². The third kappa shape index (κ3) is 2.18. The van der Waals surface area contributed by atoms with Crippen LogP contribution >= 0.6 is 0 Å². The highest BCUT2D eigenvalue weighted by Crippen LogP contribution is 2.22. The van der Waals surface area contributed by atoms with Crippen molar-refractivity contribution in [2.24, 2.45) is 5.92 Å². The summed E-state index contributed by atoms with van der Waals surface area (Å²) in [7, 11) is 1.44. The largest absolute Gasteiger partial charge is 0.496 e. The predicted octanol–water partition coefficient (Wildman–Crippen LogP) is 1.85. The highest BCUT2D eigenvalue weighted by Gasteiger charge is 2.22. The van der Waals surface area contributed by atoms with Crippen LogP contribution in [0.25, 0.3) is 0 Å². The summed E-state index contributed by atoms with van der Waals surface area (Å²) >= 11 is 0. The van der Waals surface area contributed by atoms with Crippen LogP contribution in [0.4, 0.5) is 0 Å². The number of carbonyl (C=O) groups excluding carboxylic acids is 1. The van der Waals surface area contributed by atoms with Crippen LogP contribution in [-0.2, 0) is 0 Å². The molecule has 16 heavy (non-hydrogen) atoms. The molecule has 0 heterocycles. The third-order valence-corrected chi connectivity index (χ3v) is 2.14. The summed E-state index contributed by atoms with van der Waals surface area (Å²) in [6.07, 6.45) is 0. The maximum absolute atomic E-state index is 11.8. The minimum atomic E-state index is -1.28. The van der Waals surface area contributed by atoms with Crippen LogP contribution in [0.5, 0.6) is 5.75 Å². The fraction of sp³-hybridized carbons (Fsp3) is 0.250. The van der Waals surface area contributed by atoms with Crippen molar-refractivity contribution in [3.8, 4) is 17.9 Å². The summed E-state index contributed by atoms with van der Waals surface area (Å²) < 4.78 is 5.02. The lowest BCUT2D eigenvalue weighted by molar-refractivity contribution is 0.0968. The number of ketones is 1. The van der Waals surface area contributed by atoms with Crippen LogP contribution in [0.2, 0.25) is 0 Å². The van der Waals surface area contributed by atoms with Gasteiger partial charge in [0.2, 0.25) is 0 Å². The van der Waals surface area contributed by atoms with Crippen LogP contribution in [0.1, 0.15) is 15.9 Å². The fourth-order valence-corrected chi connectivity index (χ4v) is 1.32. The molecule has 0 amide bonds. The molecule has 1 aromatic rings. The number of hydrogen-bond donors (Lipinski definition) is 0. The molecule has 0 unspecified atom stereocenters. The van der Waals surface area contributed by atoms with E-state index >= 15 is 0 Å².